The van der Waals surface area contributed by atoms with Gasteiger partial charge < -0.3 is 16.0 Å². The van der Waals surface area contributed by atoms with Gasteiger partial charge in [0.25, 0.3) is 17.5 Å². The summed E-state index contributed by atoms with van der Waals surface area (Å²) >= 11 is 2.67. The van der Waals surface area contributed by atoms with Crippen LogP contribution in [0.15, 0.2) is 137 Å². The van der Waals surface area contributed by atoms with E-state index in [9.17, 15) is 24.5 Å². The number of nitro groups is 1. The first-order chi connectivity index (χ1) is 24.2. The van der Waals surface area contributed by atoms with Gasteiger partial charge in [-0.3, -0.25) is 24.5 Å². The van der Waals surface area contributed by atoms with Crippen LogP contribution >= 0.6 is 23.1 Å². The third-order valence-corrected chi connectivity index (χ3v) is 9.35. The predicted molar refractivity (Wildman–Crippen MR) is 199 cm³/mol. The molecule has 3 N–H and O–H groups in total. The van der Waals surface area contributed by atoms with Crippen LogP contribution in [-0.4, -0.2) is 32.9 Å². The van der Waals surface area contributed by atoms with Gasteiger partial charge in [0.15, 0.2) is 5.13 Å². The van der Waals surface area contributed by atoms with Crippen LogP contribution in [0.25, 0.3) is 28.1 Å². The van der Waals surface area contributed by atoms with Gasteiger partial charge in [-0.2, -0.15) is 0 Å². The van der Waals surface area contributed by atoms with Gasteiger partial charge >= 0.3 is 0 Å². The van der Waals surface area contributed by atoms with Crippen LogP contribution in [0.4, 0.5) is 16.5 Å². The molecule has 248 valence electrons. The number of carbonyl (C=O) groups is 3. The van der Waals surface area contributed by atoms with Crippen LogP contribution in [0.5, 0.6) is 0 Å². The molecule has 50 heavy (non-hydrogen) atoms. The highest BCUT2D eigenvalue weighted by atomic mass is 32.2. The Morgan fingerprint density at radius 2 is 1.58 bits per heavy atom. The fourth-order valence-electron chi connectivity index (χ4n) is 4.92. The van der Waals surface area contributed by atoms with E-state index in [1.807, 2.05) is 35.7 Å². The lowest BCUT2D eigenvalue weighted by Gasteiger charge is -2.13. The summed E-state index contributed by atoms with van der Waals surface area (Å²) in [5.74, 6) is -1.32. The number of anilines is 2. The van der Waals surface area contributed by atoms with Gasteiger partial charge in [-0.25, -0.2) is 4.98 Å². The molecule has 0 saturated heterocycles. The summed E-state index contributed by atoms with van der Waals surface area (Å²) in [7, 11) is 0. The molecule has 1 heterocycles. The van der Waals surface area contributed by atoms with E-state index in [0.29, 0.717) is 21.9 Å². The van der Waals surface area contributed by atoms with Crippen LogP contribution in [0.2, 0.25) is 0 Å². The summed E-state index contributed by atoms with van der Waals surface area (Å²) < 4.78 is 0. The predicted octanol–water partition coefficient (Wildman–Crippen LogP) is 8.40. The second kappa shape index (κ2) is 15.4. The summed E-state index contributed by atoms with van der Waals surface area (Å²) in [6, 6.07) is 35.3. The summed E-state index contributed by atoms with van der Waals surface area (Å²) in [5, 5.41) is 23.6. The average Bonchev–Trinajstić information content (AvgIpc) is 3.60. The number of nitrogens with one attached hydrogen (secondary N) is 3. The zero-order valence-electron chi connectivity index (χ0n) is 26.5. The van der Waals surface area contributed by atoms with Crippen molar-refractivity contribution in [3.63, 3.8) is 0 Å². The van der Waals surface area contributed by atoms with Gasteiger partial charge in [0.1, 0.15) is 5.70 Å². The second-order valence-electron chi connectivity index (χ2n) is 11.1. The van der Waals surface area contributed by atoms with E-state index < -0.39 is 22.0 Å². The Balaban J connectivity index is 1.12. The number of non-ortho nitro benzene ring substituents is 1. The summed E-state index contributed by atoms with van der Waals surface area (Å²) in [4.78, 5) is 55.5. The molecule has 6 rings (SSSR count). The molecule has 0 radical (unpaired) electrons. The molecular formula is C38H29N5O5S2. The number of hydrogen-bond acceptors (Lipinski definition) is 8. The van der Waals surface area contributed by atoms with E-state index in [-0.39, 0.29) is 17.3 Å². The van der Waals surface area contributed by atoms with Gasteiger partial charge in [-0.15, -0.1) is 23.1 Å². The molecule has 5 aromatic carbocycles. The number of carbonyl (C=O) groups excluding carboxylic acids is 3. The van der Waals surface area contributed by atoms with Crippen LogP contribution in [-0.2, 0) is 9.59 Å². The van der Waals surface area contributed by atoms with E-state index in [0.717, 1.165) is 26.9 Å². The van der Waals surface area contributed by atoms with Crippen molar-refractivity contribution in [1.82, 2.24) is 10.3 Å². The Bertz CT molecular complexity index is 2240. The number of amides is 3. The number of thiazole rings is 1. The standard InChI is InChI=1S/C38H29N5O5S2/c1-24(35(44)42-38-41-34(23-49-38)29-17-16-26-8-5-6-11-28(26)21-29)50-32-13-7-12-30(22-32)39-37(46)33(40-36(45)27-9-3-2-4-10-27)20-25-14-18-31(19-15-25)43(47)48/h2-24H,1H3,(H,39,46)(H,40,45)(H,41,42,44)/b33-20+. The molecule has 0 fully saturated rings. The van der Waals surface area contributed by atoms with Crippen LogP contribution < -0.4 is 16.0 Å². The molecule has 0 aliphatic heterocycles. The normalized spacial score (nSPS) is 11.8. The minimum Gasteiger partial charge on any atom is -0.321 e. The molecule has 6 aromatic rings. The van der Waals surface area contributed by atoms with Crippen molar-refractivity contribution >= 4 is 74.2 Å². The van der Waals surface area contributed by atoms with Crippen molar-refractivity contribution in [2.24, 2.45) is 0 Å². The van der Waals surface area contributed by atoms with Crippen molar-refractivity contribution < 1.29 is 19.3 Å². The third kappa shape index (κ3) is 8.48. The molecule has 0 bridgehead atoms. The maximum Gasteiger partial charge on any atom is 0.272 e. The summed E-state index contributed by atoms with van der Waals surface area (Å²) in [6.45, 7) is 1.78. The van der Waals surface area contributed by atoms with E-state index in [1.165, 1.54) is 53.4 Å². The van der Waals surface area contributed by atoms with Crippen LogP contribution in [0, 0.1) is 10.1 Å². The van der Waals surface area contributed by atoms with E-state index >= 15 is 0 Å². The molecule has 1 aromatic heterocycles. The lowest BCUT2D eigenvalue weighted by atomic mass is 10.1. The van der Waals surface area contributed by atoms with Gasteiger partial charge in [0.2, 0.25) is 5.91 Å². The smallest absolute Gasteiger partial charge is 0.272 e. The Hall–Kier alpha value is -6.11. The lowest BCUT2D eigenvalue weighted by Crippen LogP contribution is -2.30. The molecule has 12 heteroatoms. The molecule has 0 saturated carbocycles. The highest BCUT2D eigenvalue weighted by molar-refractivity contribution is 8.00. The zero-order chi connectivity index (χ0) is 35.0. The molecule has 0 aliphatic rings. The maximum atomic E-state index is 13.5. The van der Waals surface area contributed by atoms with Gasteiger partial charge in [0, 0.05) is 39.2 Å². The van der Waals surface area contributed by atoms with Gasteiger partial charge in [0.05, 0.1) is 15.9 Å². The third-order valence-electron chi connectivity index (χ3n) is 7.50. The second-order valence-corrected chi connectivity index (χ2v) is 13.3. The zero-order valence-corrected chi connectivity index (χ0v) is 28.2. The van der Waals surface area contributed by atoms with E-state index in [4.69, 9.17) is 0 Å². The minimum absolute atomic E-state index is 0.0648. The Kier molecular flexibility index (Phi) is 10.4. The fraction of sp³-hybridized carbons (Fsp3) is 0.0526. The molecule has 1 atom stereocenters. The molecule has 0 aliphatic carbocycles. The highest BCUT2D eigenvalue weighted by Crippen LogP contribution is 2.30. The quantitative estimate of drug-likeness (QED) is 0.0533. The minimum atomic E-state index is -0.605. The van der Waals surface area contributed by atoms with Crippen molar-refractivity contribution in [3.05, 3.63) is 154 Å². The van der Waals surface area contributed by atoms with Gasteiger partial charge in [-0.1, -0.05) is 60.7 Å². The first-order valence-corrected chi connectivity index (χ1v) is 17.1. The average molecular weight is 700 g/mol. The Morgan fingerprint density at radius 1 is 0.840 bits per heavy atom. The number of nitrogens with zero attached hydrogens (tertiary/aromatic N) is 2. The Morgan fingerprint density at radius 3 is 2.34 bits per heavy atom. The van der Waals surface area contributed by atoms with Crippen LogP contribution in [0.3, 0.4) is 0 Å². The van der Waals surface area contributed by atoms with Crippen molar-refractivity contribution in [1.29, 1.82) is 0 Å². The van der Waals surface area contributed by atoms with Crippen molar-refractivity contribution in [2.75, 3.05) is 10.6 Å². The molecule has 0 spiro atoms. The maximum absolute atomic E-state index is 13.5. The number of aromatic nitrogens is 1. The number of benzene rings is 5. The Labute approximate surface area is 295 Å². The number of thioether (sulfide) groups is 1. The summed E-state index contributed by atoms with van der Waals surface area (Å²) in [6.07, 6.45) is 1.44. The largest absolute Gasteiger partial charge is 0.321 e. The monoisotopic (exact) mass is 699 g/mol. The topological polar surface area (TPSA) is 143 Å². The van der Waals surface area contributed by atoms with E-state index in [1.54, 1.807) is 55.5 Å². The number of fused-ring (bicyclic) bond motifs is 1. The fourth-order valence-corrected chi connectivity index (χ4v) is 6.57. The molecular weight excluding hydrogens is 671 g/mol. The summed E-state index contributed by atoms with van der Waals surface area (Å²) in [5.41, 5.74) is 2.84. The SMILES string of the molecule is CC(Sc1cccc(NC(=O)/C(=C\c2ccc([N+](=O)[O-])cc2)NC(=O)c2ccccc2)c1)C(=O)Nc1nc(-c2ccc3ccccc3c2)cs1. The molecule has 3 amide bonds. The first-order valence-electron chi connectivity index (χ1n) is 15.4. The molecule has 10 nitrogen and oxygen atoms in total. The lowest BCUT2D eigenvalue weighted by molar-refractivity contribution is -0.384. The van der Waals surface area contributed by atoms with Gasteiger partial charge in [-0.05, 0) is 77.9 Å². The molecule has 1 unspecified atom stereocenters. The van der Waals surface area contributed by atoms with Crippen LogP contribution in [0.1, 0.15) is 22.8 Å². The first kappa shape index (κ1) is 33.8. The highest BCUT2D eigenvalue weighted by Gasteiger charge is 2.19. The number of hydrogen-bond donors (Lipinski definition) is 3. The van der Waals surface area contributed by atoms with Crippen molar-refractivity contribution in [3.8, 4) is 11.3 Å². The van der Waals surface area contributed by atoms with E-state index in [2.05, 4.69) is 39.1 Å². The number of nitro benzene ring substituents is 1. The van der Waals surface area contributed by atoms with Crippen molar-refractivity contribution in [2.45, 2.75) is 17.1 Å². The number of rotatable bonds is 11.